The van der Waals surface area contributed by atoms with Crippen molar-refractivity contribution in [1.29, 1.82) is 0 Å². The van der Waals surface area contributed by atoms with Gasteiger partial charge >= 0.3 is 0 Å². The summed E-state index contributed by atoms with van der Waals surface area (Å²) in [7, 11) is 4.47. The molecule has 1 N–H and O–H groups in total. The average Bonchev–Trinajstić information content (AvgIpc) is 2.39. The summed E-state index contributed by atoms with van der Waals surface area (Å²) in [4.78, 5) is 14.2. The molecule has 0 aliphatic rings. The molecule has 2 unspecified atom stereocenters. The standard InChI is InChI=1S/C11H12INO3P2/c12-5-9(16-18)6-1-3-8(15-17)11-7(6)2-4-10(14)13-11/h1-4,9H,5,17-18H2,(H,13,14)/t9-/m0/s1. The SMILES string of the molecule is O=c1ccc2c([C@H](CI)OP)ccc(OP)c2[nH]1. The summed E-state index contributed by atoms with van der Waals surface area (Å²) in [5, 5.41) is 0.929. The van der Waals surface area contributed by atoms with Crippen LogP contribution >= 0.6 is 41.5 Å². The van der Waals surface area contributed by atoms with Crippen LogP contribution in [0.4, 0.5) is 0 Å². The fourth-order valence-electron chi connectivity index (χ4n) is 1.82. The lowest BCUT2D eigenvalue weighted by Crippen LogP contribution is -2.06. The first-order valence-electron chi connectivity index (χ1n) is 5.15. The topological polar surface area (TPSA) is 51.3 Å². The first-order valence-corrected chi connectivity index (χ1v) is 7.62. The van der Waals surface area contributed by atoms with Crippen molar-refractivity contribution < 1.29 is 9.05 Å². The summed E-state index contributed by atoms with van der Waals surface area (Å²) in [5.74, 6) is 0.618. The van der Waals surface area contributed by atoms with Crippen molar-refractivity contribution in [3.05, 3.63) is 40.2 Å². The van der Waals surface area contributed by atoms with Gasteiger partial charge in [0.2, 0.25) is 5.56 Å². The van der Waals surface area contributed by atoms with Gasteiger partial charge in [0.05, 0.1) is 21.1 Å². The average molecular weight is 395 g/mol. The Morgan fingerprint density at radius 2 is 2.06 bits per heavy atom. The molecule has 96 valence electrons. The Balaban J connectivity index is 2.74. The summed E-state index contributed by atoms with van der Waals surface area (Å²) in [5.41, 5.74) is 1.56. The molecule has 3 atom stereocenters. The monoisotopic (exact) mass is 395 g/mol. The van der Waals surface area contributed by atoms with Gasteiger partial charge < -0.3 is 14.0 Å². The van der Waals surface area contributed by atoms with Crippen molar-refractivity contribution in [3.8, 4) is 5.75 Å². The van der Waals surface area contributed by atoms with E-state index in [0.717, 1.165) is 15.4 Å². The van der Waals surface area contributed by atoms with Crippen LogP contribution in [-0.4, -0.2) is 9.41 Å². The number of hydrogen-bond acceptors (Lipinski definition) is 3. The molecular weight excluding hydrogens is 383 g/mol. The maximum Gasteiger partial charge on any atom is 0.248 e. The Kier molecular flexibility index (Phi) is 4.96. The maximum atomic E-state index is 11.4. The van der Waals surface area contributed by atoms with Crippen LogP contribution in [0.3, 0.4) is 0 Å². The molecule has 0 aliphatic carbocycles. The van der Waals surface area contributed by atoms with E-state index in [2.05, 4.69) is 46.5 Å². The molecule has 0 bridgehead atoms. The van der Waals surface area contributed by atoms with Crippen LogP contribution in [0.2, 0.25) is 0 Å². The number of aromatic amines is 1. The van der Waals surface area contributed by atoms with Crippen LogP contribution < -0.4 is 10.1 Å². The summed E-state index contributed by atoms with van der Waals surface area (Å²) in [6, 6.07) is 7.07. The van der Waals surface area contributed by atoms with E-state index in [9.17, 15) is 4.79 Å². The molecule has 2 rings (SSSR count). The van der Waals surface area contributed by atoms with Crippen molar-refractivity contribution in [3.63, 3.8) is 0 Å². The lowest BCUT2D eigenvalue weighted by atomic mass is 10.0. The number of nitrogens with one attached hydrogen (secondary N) is 1. The highest BCUT2D eigenvalue weighted by atomic mass is 127. The Morgan fingerprint density at radius 3 is 2.67 bits per heavy atom. The fraction of sp³-hybridized carbons (Fsp3) is 0.182. The molecule has 1 aromatic carbocycles. The van der Waals surface area contributed by atoms with E-state index in [1.54, 1.807) is 6.07 Å². The number of benzene rings is 1. The number of fused-ring (bicyclic) bond motifs is 1. The number of alkyl halides is 1. The third-order valence-electron chi connectivity index (χ3n) is 2.67. The van der Waals surface area contributed by atoms with E-state index in [1.807, 2.05) is 12.1 Å². The van der Waals surface area contributed by atoms with Crippen molar-refractivity contribution in [2.75, 3.05) is 4.43 Å². The third-order valence-corrected chi connectivity index (χ3v) is 4.05. The van der Waals surface area contributed by atoms with Crippen LogP contribution in [-0.2, 0) is 4.52 Å². The Morgan fingerprint density at radius 1 is 1.28 bits per heavy atom. The van der Waals surface area contributed by atoms with Crippen molar-refractivity contribution in [2.24, 2.45) is 0 Å². The van der Waals surface area contributed by atoms with Crippen LogP contribution in [0.1, 0.15) is 11.7 Å². The van der Waals surface area contributed by atoms with Crippen LogP contribution in [0, 0.1) is 0 Å². The number of aromatic nitrogens is 1. The molecule has 0 saturated heterocycles. The number of H-pyrrole nitrogens is 1. The van der Waals surface area contributed by atoms with E-state index in [4.69, 9.17) is 9.05 Å². The molecular formula is C11H12INO3P2. The van der Waals surface area contributed by atoms with Gasteiger partial charge in [-0.2, -0.15) is 0 Å². The minimum absolute atomic E-state index is 0.0393. The van der Waals surface area contributed by atoms with Gasteiger partial charge in [-0.05, 0) is 17.7 Å². The minimum atomic E-state index is -0.152. The highest BCUT2D eigenvalue weighted by Gasteiger charge is 2.15. The second-order valence-corrected chi connectivity index (χ2v) is 5.05. The molecule has 0 aliphatic heterocycles. The first-order chi connectivity index (χ1) is 8.71. The molecule has 7 heteroatoms. The molecule has 0 saturated carbocycles. The van der Waals surface area contributed by atoms with Gasteiger partial charge in [0.25, 0.3) is 0 Å². The van der Waals surface area contributed by atoms with E-state index in [-0.39, 0.29) is 11.7 Å². The molecule has 0 amide bonds. The van der Waals surface area contributed by atoms with Gasteiger partial charge in [0.1, 0.15) is 5.75 Å². The third kappa shape index (κ3) is 2.69. The molecule has 1 heterocycles. The lowest BCUT2D eigenvalue weighted by Gasteiger charge is -2.16. The summed E-state index contributed by atoms with van der Waals surface area (Å²) < 4.78 is 11.4. The first kappa shape index (κ1) is 14.2. The van der Waals surface area contributed by atoms with E-state index in [1.165, 1.54) is 6.07 Å². The number of pyridine rings is 1. The summed E-state index contributed by atoms with van der Waals surface area (Å²) in [6.07, 6.45) is -0.0393. The fourth-order valence-corrected chi connectivity index (χ4v) is 3.33. The molecule has 2 aromatic rings. The van der Waals surface area contributed by atoms with Gasteiger partial charge in [-0.25, -0.2) is 0 Å². The molecule has 1 aromatic heterocycles. The van der Waals surface area contributed by atoms with Crippen LogP contribution in [0.25, 0.3) is 10.9 Å². The Hall–Kier alpha value is -0.220. The predicted octanol–water partition coefficient (Wildman–Crippen LogP) is 2.98. The van der Waals surface area contributed by atoms with Crippen molar-refractivity contribution >= 4 is 52.4 Å². The van der Waals surface area contributed by atoms with E-state index >= 15 is 0 Å². The molecule has 4 nitrogen and oxygen atoms in total. The molecule has 0 fully saturated rings. The Labute approximate surface area is 123 Å². The second-order valence-electron chi connectivity index (χ2n) is 3.66. The molecule has 0 spiro atoms. The maximum absolute atomic E-state index is 11.4. The van der Waals surface area contributed by atoms with E-state index in [0.29, 0.717) is 11.3 Å². The molecule has 18 heavy (non-hydrogen) atoms. The molecule has 0 radical (unpaired) electrons. The smallest absolute Gasteiger partial charge is 0.248 e. The van der Waals surface area contributed by atoms with Gasteiger partial charge in [-0.15, -0.1) is 0 Å². The van der Waals surface area contributed by atoms with E-state index < -0.39 is 0 Å². The quantitative estimate of drug-likeness (QED) is 0.492. The minimum Gasteiger partial charge on any atom is -0.478 e. The number of halogens is 1. The summed E-state index contributed by atoms with van der Waals surface area (Å²) in [6.45, 7) is 0. The zero-order chi connectivity index (χ0) is 13.1. The Bertz CT molecular complexity index is 613. The zero-order valence-corrected chi connectivity index (χ0v) is 13.8. The number of rotatable bonds is 4. The predicted molar refractivity (Wildman–Crippen MR) is 87.3 cm³/mol. The largest absolute Gasteiger partial charge is 0.478 e. The normalized spacial score (nSPS) is 12.6. The number of hydrogen-bond donors (Lipinski definition) is 1. The van der Waals surface area contributed by atoms with Gasteiger partial charge in [0, 0.05) is 25.3 Å². The lowest BCUT2D eigenvalue weighted by molar-refractivity contribution is 0.281. The zero-order valence-electron chi connectivity index (χ0n) is 9.35. The van der Waals surface area contributed by atoms with Crippen molar-refractivity contribution in [2.45, 2.75) is 6.10 Å². The summed E-state index contributed by atoms with van der Waals surface area (Å²) >= 11 is 2.26. The highest BCUT2D eigenvalue weighted by Crippen LogP contribution is 2.33. The van der Waals surface area contributed by atoms with Crippen LogP contribution in [0.5, 0.6) is 5.75 Å². The van der Waals surface area contributed by atoms with Gasteiger partial charge in [-0.1, -0.05) is 28.7 Å². The van der Waals surface area contributed by atoms with Gasteiger partial charge in [-0.3, -0.25) is 4.79 Å². The highest BCUT2D eigenvalue weighted by molar-refractivity contribution is 14.1. The van der Waals surface area contributed by atoms with Crippen LogP contribution in [0.15, 0.2) is 29.1 Å². The second kappa shape index (κ2) is 6.29. The van der Waals surface area contributed by atoms with Crippen molar-refractivity contribution in [1.82, 2.24) is 4.98 Å². The van der Waals surface area contributed by atoms with Gasteiger partial charge in [0.15, 0.2) is 0 Å².